The molecule has 3 aromatic carbocycles. The molecule has 31 heavy (non-hydrogen) atoms. The maximum Gasteiger partial charge on any atom is 0.161 e. The molecule has 0 saturated heterocycles. The van der Waals surface area contributed by atoms with Gasteiger partial charge in [-0.05, 0) is 53.9 Å². The highest BCUT2D eigenvalue weighted by Gasteiger charge is 2.22. The summed E-state index contributed by atoms with van der Waals surface area (Å²) < 4.78 is 10.9. The van der Waals surface area contributed by atoms with E-state index in [1.165, 1.54) is 32.3 Å². The summed E-state index contributed by atoms with van der Waals surface area (Å²) in [5.41, 5.74) is 5.01. The molecular formula is C26H24N2O2S. The number of rotatable bonds is 3. The van der Waals surface area contributed by atoms with E-state index in [0.717, 1.165) is 31.0 Å². The second-order valence-electron chi connectivity index (χ2n) is 7.56. The van der Waals surface area contributed by atoms with Crippen LogP contribution < -0.4 is 14.4 Å². The highest BCUT2D eigenvalue weighted by Crippen LogP contribution is 2.47. The fraction of sp³-hybridized carbons (Fsp3) is 0.231. The molecule has 2 aliphatic heterocycles. The summed E-state index contributed by atoms with van der Waals surface area (Å²) in [5.74, 6) is 4.99. The minimum Gasteiger partial charge on any atom is -0.493 e. The lowest BCUT2D eigenvalue weighted by Crippen LogP contribution is -2.27. The van der Waals surface area contributed by atoms with Crippen molar-refractivity contribution in [2.24, 2.45) is 0 Å². The van der Waals surface area contributed by atoms with Gasteiger partial charge < -0.3 is 19.3 Å². The molecule has 0 amide bonds. The lowest BCUT2D eigenvalue weighted by molar-refractivity contribution is 0.344. The molecule has 2 heterocycles. The molecule has 5 rings (SSSR count). The lowest BCUT2D eigenvalue weighted by Gasteiger charge is -2.31. The summed E-state index contributed by atoms with van der Waals surface area (Å²) >= 11 is 1.82. The van der Waals surface area contributed by atoms with Crippen LogP contribution in [0.3, 0.4) is 0 Å². The van der Waals surface area contributed by atoms with Crippen molar-refractivity contribution in [3.63, 3.8) is 0 Å². The molecule has 0 aromatic heterocycles. The van der Waals surface area contributed by atoms with Crippen molar-refractivity contribution < 1.29 is 9.47 Å². The molecule has 0 spiro atoms. The second-order valence-corrected chi connectivity index (χ2v) is 8.64. The van der Waals surface area contributed by atoms with Gasteiger partial charge in [-0.25, -0.2) is 0 Å². The van der Waals surface area contributed by atoms with Gasteiger partial charge in [0.1, 0.15) is 0 Å². The van der Waals surface area contributed by atoms with Gasteiger partial charge in [-0.3, -0.25) is 0 Å². The van der Waals surface area contributed by atoms with E-state index in [1.54, 1.807) is 14.2 Å². The van der Waals surface area contributed by atoms with Crippen LogP contribution in [-0.2, 0) is 13.0 Å². The highest BCUT2D eigenvalue weighted by atomic mass is 32.2. The molecule has 0 N–H and O–H groups in total. The number of ether oxygens (including phenoxy) is 2. The van der Waals surface area contributed by atoms with Crippen LogP contribution in [0.1, 0.15) is 11.1 Å². The number of para-hydroxylation sites is 2. The Morgan fingerprint density at radius 3 is 2.13 bits per heavy atom. The molecule has 0 fully saturated rings. The number of hydrogen-bond acceptors (Lipinski definition) is 5. The fourth-order valence-electron chi connectivity index (χ4n) is 4.16. The van der Waals surface area contributed by atoms with Crippen molar-refractivity contribution in [3.8, 4) is 23.5 Å². The molecule has 0 saturated carbocycles. The standard InChI is InChI=1S/C26H24N2O2S/c1-29-23-16-19-12-15-27(18-20(19)17-24(23)30-2)13-7-14-28-21-8-3-5-10-25(21)31-26-11-6-4-9-22(26)28/h3-6,8-11,16-17H,12,14-15,18H2,1-2H3. The van der Waals surface area contributed by atoms with Gasteiger partial charge in [-0.1, -0.05) is 41.9 Å². The van der Waals surface area contributed by atoms with Crippen molar-refractivity contribution in [1.29, 1.82) is 0 Å². The van der Waals surface area contributed by atoms with E-state index in [9.17, 15) is 0 Å². The van der Waals surface area contributed by atoms with E-state index in [4.69, 9.17) is 9.47 Å². The molecule has 2 aliphatic rings. The smallest absolute Gasteiger partial charge is 0.161 e. The number of anilines is 2. The van der Waals surface area contributed by atoms with Crippen molar-refractivity contribution in [2.45, 2.75) is 22.8 Å². The zero-order chi connectivity index (χ0) is 21.2. The number of methoxy groups -OCH3 is 2. The topological polar surface area (TPSA) is 24.9 Å². The van der Waals surface area contributed by atoms with Gasteiger partial charge in [-0.15, -0.1) is 0 Å². The summed E-state index contributed by atoms with van der Waals surface area (Å²) in [5, 5.41) is 0. The molecule has 0 unspecified atom stereocenters. The Morgan fingerprint density at radius 1 is 0.871 bits per heavy atom. The van der Waals surface area contributed by atoms with Crippen LogP contribution in [0.15, 0.2) is 70.5 Å². The third kappa shape index (κ3) is 3.80. The summed E-state index contributed by atoms with van der Waals surface area (Å²) in [7, 11) is 3.36. The monoisotopic (exact) mass is 428 g/mol. The first-order chi connectivity index (χ1) is 15.3. The Labute approximate surface area is 187 Å². The summed E-state index contributed by atoms with van der Waals surface area (Å²) in [4.78, 5) is 7.07. The Morgan fingerprint density at radius 2 is 1.48 bits per heavy atom. The van der Waals surface area contributed by atoms with E-state index in [1.807, 2.05) is 11.8 Å². The number of benzene rings is 3. The summed E-state index contributed by atoms with van der Waals surface area (Å²) in [6.45, 7) is 2.37. The van der Waals surface area contributed by atoms with Gasteiger partial charge in [-0.2, -0.15) is 0 Å². The van der Waals surface area contributed by atoms with Crippen LogP contribution in [0, 0.1) is 12.0 Å². The zero-order valence-electron chi connectivity index (χ0n) is 17.7. The Hall–Kier alpha value is -3.23. The predicted octanol–water partition coefficient (Wildman–Crippen LogP) is 5.33. The fourth-order valence-corrected chi connectivity index (χ4v) is 5.25. The van der Waals surface area contributed by atoms with Gasteiger partial charge in [0, 0.05) is 22.4 Å². The SMILES string of the molecule is COc1cc2c(cc1OC)CN(C#CCN1c3ccccc3Sc3ccccc31)CC2. The van der Waals surface area contributed by atoms with Gasteiger partial charge in [0.2, 0.25) is 0 Å². The van der Waals surface area contributed by atoms with Crippen molar-refractivity contribution in [3.05, 3.63) is 71.8 Å². The molecular weight excluding hydrogens is 404 g/mol. The third-order valence-corrected chi connectivity index (χ3v) is 6.85. The van der Waals surface area contributed by atoms with Crippen LogP contribution in [0.25, 0.3) is 0 Å². The van der Waals surface area contributed by atoms with Crippen LogP contribution in [0.2, 0.25) is 0 Å². The molecule has 0 radical (unpaired) electrons. The summed E-state index contributed by atoms with van der Waals surface area (Å²) in [6.07, 6.45) is 0.955. The van der Waals surface area contributed by atoms with Crippen LogP contribution >= 0.6 is 11.8 Å². The zero-order valence-corrected chi connectivity index (χ0v) is 18.5. The maximum atomic E-state index is 5.48. The van der Waals surface area contributed by atoms with Crippen molar-refractivity contribution in [2.75, 3.05) is 32.2 Å². The lowest BCUT2D eigenvalue weighted by atomic mass is 9.99. The summed E-state index contributed by atoms with van der Waals surface area (Å²) in [6, 6.07) is 24.7. The number of nitrogens with zero attached hydrogens (tertiary/aromatic N) is 2. The molecule has 5 heteroatoms. The molecule has 4 nitrogen and oxygen atoms in total. The largest absolute Gasteiger partial charge is 0.493 e. The second kappa shape index (κ2) is 8.49. The van der Waals surface area contributed by atoms with Gasteiger partial charge in [0.15, 0.2) is 11.5 Å². The van der Waals surface area contributed by atoms with Crippen molar-refractivity contribution in [1.82, 2.24) is 4.90 Å². The first kappa shape index (κ1) is 19.7. The number of hydrogen-bond donors (Lipinski definition) is 0. The first-order valence-electron chi connectivity index (χ1n) is 10.4. The van der Waals surface area contributed by atoms with Gasteiger partial charge in [0.25, 0.3) is 0 Å². The van der Waals surface area contributed by atoms with E-state index in [0.29, 0.717) is 6.54 Å². The molecule has 0 atom stereocenters. The average molecular weight is 429 g/mol. The van der Waals surface area contributed by atoms with Crippen LogP contribution in [0.5, 0.6) is 11.5 Å². The Balaban J connectivity index is 1.36. The molecule has 0 bridgehead atoms. The molecule has 0 aliphatic carbocycles. The van der Waals surface area contributed by atoms with Gasteiger partial charge in [0.05, 0.1) is 38.7 Å². The average Bonchev–Trinajstić information content (AvgIpc) is 2.82. The minimum absolute atomic E-state index is 0.657. The van der Waals surface area contributed by atoms with Crippen molar-refractivity contribution >= 4 is 23.1 Å². The van der Waals surface area contributed by atoms with Crippen LogP contribution in [0.4, 0.5) is 11.4 Å². The van der Waals surface area contributed by atoms with E-state index in [2.05, 4.69) is 82.4 Å². The Kier molecular flexibility index (Phi) is 5.40. The molecule has 3 aromatic rings. The van der Waals surface area contributed by atoms with Gasteiger partial charge >= 0.3 is 0 Å². The van der Waals surface area contributed by atoms with E-state index < -0.39 is 0 Å². The Bertz CT molecular complexity index is 1140. The third-order valence-electron chi connectivity index (χ3n) is 5.72. The van der Waals surface area contributed by atoms with E-state index >= 15 is 0 Å². The first-order valence-corrected chi connectivity index (χ1v) is 11.2. The predicted molar refractivity (Wildman–Crippen MR) is 125 cm³/mol. The normalized spacial score (nSPS) is 14.0. The van der Waals surface area contributed by atoms with E-state index in [-0.39, 0.29) is 0 Å². The number of fused-ring (bicyclic) bond motifs is 3. The molecule has 156 valence electrons. The highest BCUT2D eigenvalue weighted by molar-refractivity contribution is 7.99. The van der Waals surface area contributed by atoms with Crippen LogP contribution in [-0.4, -0.2) is 32.2 Å². The quantitative estimate of drug-likeness (QED) is 0.526. The minimum atomic E-state index is 0.657. The maximum absolute atomic E-state index is 5.48.